The lowest BCUT2D eigenvalue weighted by atomic mass is 9.81. The number of alkyl carbamates (subject to hydrolysis) is 1. The van der Waals surface area contributed by atoms with Crippen LogP contribution in [0.15, 0.2) is 60.7 Å². The molecule has 0 bridgehead atoms. The first-order chi connectivity index (χ1) is 17.0. The molecule has 1 N–H and O–H groups in total. The molecule has 36 heavy (non-hydrogen) atoms. The first-order valence-electron chi connectivity index (χ1n) is 11.9. The lowest BCUT2D eigenvalue weighted by molar-refractivity contribution is -0.168. The molecular formula is C28H35NO7. The first-order valence-corrected chi connectivity index (χ1v) is 11.9. The summed E-state index contributed by atoms with van der Waals surface area (Å²) in [4.78, 5) is 48.7. The quantitative estimate of drug-likeness (QED) is 0.314. The number of ketones is 1. The van der Waals surface area contributed by atoms with E-state index >= 15 is 0 Å². The third kappa shape index (κ3) is 10.7. The number of hydrogen-bond acceptors (Lipinski definition) is 7. The summed E-state index contributed by atoms with van der Waals surface area (Å²) < 4.78 is 16.0. The Labute approximate surface area is 212 Å². The van der Waals surface area contributed by atoms with Crippen molar-refractivity contribution in [2.45, 2.75) is 65.8 Å². The standard InChI is InChI=1S/C28H35NO7/c1-27(2,25(32)34-18-21-11-7-5-8-12-21)20-28(3,4)36-24(31)16-15-23(30)17-29-26(33)35-19-22-13-9-6-10-14-22/h5-14H,15-20H2,1-4H3,(H,29,33). The number of esters is 2. The fourth-order valence-corrected chi connectivity index (χ4v) is 3.73. The molecule has 0 heterocycles. The van der Waals surface area contributed by atoms with Gasteiger partial charge in [-0.3, -0.25) is 14.4 Å². The van der Waals surface area contributed by atoms with Gasteiger partial charge >= 0.3 is 18.0 Å². The Morgan fingerprint density at radius 1 is 0.750 bits per heavy atom. The van der Waals surface area contributed by atoms with Crippen LogP contribution in [-0.2, 0) is 41.8 Å². The Hall–Kier alpha value is -3.68. The molecule has 0 spiro atoms. The fraction of sp³-hybridized carbons (Fsp3) is 0.429. The molecule has 1 amide bonds. The maximum Gasteiger partial charge on any atom is 0.407 e. The highest BCUT2D eigenvalue weighted by molar-refractivity contribution is 5.86. The first kappa shape index (κ1) is 28.6. The van der Waals surface area contributed by atoms with E-state index < -0.39 is 29.0 Å². The molecule has 2 aromatic carbocycles. The number of carbonyl (C=O) groups is 4. The summed E-state index contributed by atoms with van der Waals surface area (Å²) in [5, 5.41) is 2.38. The molecule has 0 aliphatic carbocycles. The van der Waals surface area contributed by atoms with Gasteiger partial charge in [0.2, 0.25) is 0 Å². The minimum Gasteiger partial charge on any atom is -0.460 e. The van der Waals surface area contributed by atoms with Gasteiger partial charge in [-0.15, -0.1) is 0 Å². The number of benzene rings is 2. The molecule has 2 aromatic rings. The molecule has 0 fully saturated rings. The molecule has 0 saturated heterocycles. The smallest absolute Gasteiger partial charge is 0.407 e. The van der Waals surface area contributed by atoms with Gasteiger partial charge in [-0.2, -0.15) is 0 Å². The van der Waals surface area contributed by atoms with Crippen molar-refractivity contribution in [3.63, 3.8) is 0 Å². The van der Waals surface area contributed by atoms with E-state index in [1.807, 2.05) is 60.7 Å². The Bertz CT molecular complexity index is 1020. The highest BCUT2D eigenvalue weighted by Crippen LogP contribution is 2.32. The van der Waals surface area contributed by atoms with E-state index in [2.05, 4.69) is 5.32 Å². The normalized spacial score (nSPS) is 11.3. The predicted octanol–water partition coefficient (Wildman–Crippen LogP) is 4.74. The fourth-order valence-electron chi connectivity index (χ4n) is 3.73. The van der Waals surface area contributed by atoms with Gasteiger partial charge in [-0.25, -0.2) is 4.79 Å². The summed E-state index contributed by atoms with van der Waals surface area (Å²) >= 11 is 0. The van der Waals surface area contributed by atoms with Crippen molar-refractivity contribution in [2.24, 2.45) is 5.41 Å². The molecule has 0 unspecified atom stereocenters. The van der Waals surface area contributed by atoms with E-state index in [0.29, 0.717) is 0 Å². The number of hydrogen-bond donors (Lipinski definition) is 1. The third-order valence-electron chi connectivity index (χ3n) is 5.27. The van der Waals surface area contributed by atoms with Crippen LogP contribution in [0.2, 0.25) is 0 Å². The van der Waals surface area contributed by atoms with Crippen LogP contribution in [0.1, 0.15) is 58.1 Å². The SMILES string of the molecule is CC(C)(CC(C)(C)C(=O)OCc1ccccc1)OC(=O)CCC(=O)CNC(=O)OCc1ccccc1. The van der Waals surface area contributed by atoms with Crippen LogP contribution >= 0.6 is 0 Å². The van der Waals surface area contributed by atoms with Crippen molar-refractivity contribution < 1.29 is 33.4 Å². The summed E-state index contributed by atoms with van der Waals surface area (Å²) in [6.45, 7) is 6.92. The topological polar surface area (TPSA) is 108 Å². The Kier molecular flexibility index (Phi) is 10.6. The van der Waals surface area contributed by atoms with Crippen LogP contribution in [0.4, 0.5) is 4.79 Å². The summed E-state index contributed by atoms with van der Waals surface area (Å²) in [5.41, 5.74) is -0.124. The maximum atomic E-state index is 12.6. The number of rotatable bonds is 13. The molecule has 0 aliphatic heterocycles. The van der Waals surface area contributed by atoms with Gasteiger partial charge in [-0.1, -0.05) is 60.7 Å². The summed E-state index contributed by atoms with van der Waals surface area (Å²) in [7, 11) is 0. The van der Waals surface area contributed by atoms with Crippen LogP contribution in [0.3, 0.4) is 0 Å². The lowest BCUT2D eigenvalue weighted by Crippen LogP contribution is -2.38. The molecule has 8 heteroatoms. The summed E-state index contributed by atoms with van der Waals surface area (Å²) in [6, 6.07) is 18.5. The van der Waals surface area contributed by atoms with Crippen molar-refractivity contribution in [1.29, 1.82) is 0 Å². The van der Waals surface area contributed by atoms with E-state index in [1.54, 1.807) is 27.7 Å². The number of carbonyl (C=O) groups excluding carboxylic acids is 4. The number of nitrogens with one attached hydrogen (secondary N) is 1. The molecular weight excluding hydrogens is 462 g/mol. The zero-order chi connectivity index (χ0) is 26.6. The second-order valence-electron chi connectivity index (χ2n) is 9.81. The molecule has 194 valence electrons. The molecule has 8 nitrogen and oxygen atoms in total. The van der Waals surface area contributed by atoms with Crippen LogP contribution < -0.4 is 5.32 Å². The van der Waals surface area contributed by atoms with Gasteiger partial charge in [0, 0.05) is 12.8 Å². The van der Waals surface area contributed by atoms with Gasteiger partial charge < -0.3 is 19.5 Å². The van der Waals surface area contributed by atoms with Crippen LogP contribution in [0, 0.1) is 5.41 Å². The molecule has 0 aromatic heterocycles. The predicted molar refractivity (Wildman–Crippen MR) is 134 cm³/mol. The maximum absolute atomic E-state index is 12.6. The largest absolute Gasteiger partial charge is 0.460 e. The van der Waals surface area contributed by atoms with Crippen LogP contribution in [0.25, 0.3) is 0 Å². The van der Waals surface area contributed by atoms with Crippen molar-refractivity contribution in [3.05, 3.63) is 71.8 Å². The van der Waals surface area contributed by atoms with Crippen molar-refractivity contribution in [2.75, 3.05) is 6.54 Å². The zero-order valence-corrected chi connectivity index (χ0v) is 21.4. The summed E-state index contributed by atoms with van der Waals surface area (Å²) in [5.74, 6) is -1.28. The van der Waals surface area contributed by atoms with Crippen molar-refractivity contribution in [1.82, 2.24) is 5.32 Å². The third-order valence-corrected chi connectivity index (χ3v) is 5.27. The second kappa shape index (κ2) is 13.4. The Balaban J connectivity index is 1.69. The number of ether oxygens (including phenoxy) is 3. The summed E-state index contributed by atoms with van der Waals surface area (Å²) in [6.07, 6.45) is -0.697. The van der Waals surface area contributed by atoms with E-state index in [9.17, 15) is 19.2 Å². The van der Waals surface area contributed by atoms with Crippen LogP contribution in [0.5, 0.6) is 0 Å². The van der Waals surface area contributed by atoms with Gasteiger partial charge in [0.05, 0.1) is 18.4 Å². The van der Waals surface area contributed by atoms with Gasteiger partial charge in [0.25, 0.3) is 0 Å². The van der Waals surface area contributed by atoms with Gasteiger partial charge in [0.15, 0.2) is 5.78 Å². The monoisotopic (exact) mass is 497 g/mol. The van der Waals surface area contributed by atoms with Crippen molar-refractivity contribution >= 4 is 23.8 Å². The molecule has 0 radical (unpaired) electrons. The van der Waals surface area contributed by atoms with Crippen LogP contribution in [-0.4, -0.2) is 36.0 Å². The van der Waals surface area contributed by atoms with E-state index in [-0.39, 0.29) is 44.8 Å². The van der Waals surface area contributed by atoms with E-state index in [1.165, 1.54) is 0 Å². The minimum absolute atomic E-state index is 0.0869. The molecule has 0 atom stereocenters. The van der Waals surface area contributed by atoms with Gasteiger partial charge in [0.1, 0.15) is 18.8 Å². The Morgan fingerprint density at radius 3 is 1.83 bits per heavy atom. The van der Waals surface area contributed by atoms with E-state index in [4.69, 9.17) is 14.2 Å². The highest BCUT2D eigenvalue weighted by Gasteiger charge is 2.38. The number of amides is 1. The second-order valence-corrected chi connectivity index (χ2v) is 9.81. The minimum atomic E-state index is -0.950. The Morgan fingerprint density at radius 2 is 1.28 bits per heavy atom. The van der Waals surface area contributed by atoms with Crippen molar-refractivity contribution in [3.8, 4) is 0 Å². The highest BCUT2D eigenvalue weighted by atomic mass is 16.6. The average Bonchev–Trinajstić information content (AvgIpc) is 2.83. The number of Topliss-reactive ketones (excluding diaryl/α,β-unsaturated/α-hetero) is 1. The zero-order valence-electron chi connectivity index (χ0n) is 21.4. The van der Waals surface area contributed by atoms with Gasteiger partial charge in [-0.05, 0) is 38.8 Å². The average molecular weight is 498 g/mol. The van der Waals surface area contributed by atoms with E-state index in [0.717, 1.165) is 11.1 Å². The lowest BCUT2D eigenvalue weighted by Gasteiger charge is -2.33. The molecule has 0 aliphatic rings. The molecule has 2 rings (SSSR count). The molecule has 0 saturated carbocycles.